The molecule has 2 amide bonds. The van der Waals surface area contributed by atoms with E-state index >= 15 is 0 Å². The molecular formula is C18H18ClN3O3. The number of carbonyl (C=O) groups is 2. The van der Waals surface area contributed by atoms with Gasteiger partial charge in [0.1, 0.15) is 5.75 Å². The van der Waals surface area contributed by atoms with E-state index in [-0.39, 0.29) is 24.9 Å². The summed E-state index contributed by atoms with van der Waals surface area (Å²) < 4.78 is 5.82. The van der Waals surface area contributed by atoms with Crippen LogP contribution in [-0.4, -0.2) is 42.9 Å². The summed E-state index contributed by atoms with van der Waals surface area (Å²) in [6.45, 7) is 1.54. The molecule has 1 aliphatic heterocycles. The van der Waals surface area contributed by atoms with E-state index in [1.165, 1.54) is 0 Å². The molecule has 0 aliphatic carbocycles. The summed E-state index contributed by atoms with van der Waals surface area (Å²) >= 11 is 6.04. The number of carbonyl (C=O) groups excluding carboxylic acids is 2. The summed E-state index contributed by atoms with van der Waals surface area (Å²) in [4.78, 5) is 25.5. The molecule has 130 valence electrons. The third kappa shape index (κ3) is 4.95. The van der Waals surface area contributed by atoms with Gasteiger partial charge in [0.2, 0.25) is 11.8 Å². The Balaban J connectivity index is 1.69. The van der Waals surface area contributed by atoms with Crippen LogP contribution in [0.15, 0.2) is 48.5 Å². The van der Waals surface area contributed by atoms with Crippen molar-refractivity contribution in [2.45, 2.75) is 0 Å². The number of halogens is 1. The average Bonchev–Trinajstić information content (AvgIpc) is 2.58. The molecule has 0 spiro atoms. The number of ether oxygens (including phenoxy) is 1. The molecule has 2 aromatic rings. The highest BCUT2D eigenvalue weighted by atomic mass is 35.5. The summed E-state index contributed by atoms with van der Waals surface area (Å²) in [7, 11) is 0. The lowest BCUT2D eigenvalue weighted by Gasteiger charge is -2.25. The lowest BCUT2D eigenvalue weighted by Crippen LogP contribution is -2.49. The Morgan fingerprint density at radius 2 is 2.04 bits per heavy atom. The molecule has 0 aromatic heterocycles. The molecule has 0 atom stereocenters. The quantitative estimate of drug-likeness (QED) is 0.860. The van der Waals surface area contributed by atoms with Gasteiger partial charge in [-0.2, -0.15) is 0 Å². The SMILES string of the molecule is O=C1CN(CC(=O)Nc2cc(Cl)ccc2Oc2ccccc2)CCN1. The lowest BCUT2D eigenvalue weighted by atomic mass is 10.2. The number of anilines is 1. The van der Waals surface area contributed by atoms with Gasteiger partial charge in [0.15, 0.2) is 5.75 Å². The van der Waals surface area contributed by atoms with Crippen molar-refractivity contribution in [2.24, 2.45) is 0 Å². The number of amides is 2. The van der Waals surface area contributed by atoms with Gasteiger partial charge in [0.25, 0.3) is 0 Å². The largest absolute Gasteiger partial charge is 0.455 e. The summed E-state index contributed by atoms with van der Waals surface area (Å²) in [5, 5.41) is 6.03. The number of benzene rings is 2. The van der Waals surface area contributed by atoms with Crippen LogP contribution < -0.4 is 15.4 Å². The normalized spacial score (nSPS) is 14.7. The molecule has 0 bridgehead atoms. The maximum Gasteiger partial charge on any atom is 0.238 e. The highest BCUT2D eigenvalue weighted by Gasteiger charge is 2.19. The number of para-hydroxylation sites is 1. The average molecular weight is 360 g/mol. The third-order valence-corrected chi connectivity index (χ3v) is 3.91. The second-order valence-electron chi connectivity index (χ2n) is 5.66. The first-order valence-corrected chi connectivity index (χ1v) is 8.29. The fraction of sp³-hybridized carbons (Fsp3) is 0.222. The van der Waals surface area contributed by atoms with Gasteiger partial charge >= 0.3 is 0 Å². The van der Waals surface area contributed by atoms with Crippen molar-refractivity contribution in [1.29, 1.82) is 0 Å². The van der Waals surface area contributed by atoms with E-state index in [9.17, 15) is 9.59 Å². The van der Waals surface area contributed by atoms with E-state index in [4.69, 9.17) is 16.3 Å². The second kappa shape index (κ2) is 8.00. The number of nitrogens with one attached hydrogen (secondary N) is 2. The van der Waals surface area contributed by atoms with Gasteiger partial charge in [-0.1, -0.05) is 29.8 Å². The van der Waals surface area contributed by atoms with E-state index in [1.807, 2.05) is 30.3 Å². The summed E-state index contributed by atoms with van der Waals surface area (Å²) in [6.07, 6.45) is 0. The van der Waals surface area contributed by atoms with E-state index in [0.29, 0.717) is 35.3 Å². The first kappa shape index (κ1) is 17.3. The minimum atomic E-state index is -0.227. The molecule has 2 N–H and O–H groups in total. The van der Waals surface area contributed by atoms with Gasteiger partial charge in [-0.25, -0.2) is 0 Å². The van der Waals surface area contributed by atoms with E-state index in [1.54, 1.807) is 23.1 Å². The first-order valence-electron chi connectivity index (χ1n) is 7.91. The van der Waals surface area contributed by atoms with Gasteiger partial charge in [0.05, 0.1) is 18.8 Å². The molecule has 7 heteroatoms. The van der Waals surface area contributed by atoms with E-state index in [0.717, 1.165) is 0 Å². The summed E-state index contributed by atoms with van der Waals surface area (Å²) in [5.41, 5.74) is 0.489. The number of piperazine rings is 1. The summed E-state index contributed by atoms with van der Waals surface area (Å²) in [5.74, 6) is 0.859. The highest BCUT2D eigenvalue weighted by Crippen LogP contribution is 2.31. The predicted octanol–water partition coefficient (Wildman–Crippen LogP) is 2.50. The van der Waals surface area contributed by atoms with Crippen molar-refractivity contribution in [3.8, 4) is 11.5 Å². The van der Waals surface area contributed by atoms with Crippen LogP contribution in [0.4, 0.5) is 5.69 Å². The minimum Gasteiger partial charge on any atom is -0.455 e. The van der Waals surface area contributed by atoms with E-state index in [2.05, 4.69) is 10.6 Å². The predicted molar refractivity (Wildman–Crippen MR) is 96.0 cm³/mol. The van der Waals surface area contributed by atoms with Crippen molar-refractivity contribution in [1.82, 2.24) is 10.2 Å². The number of hydrogen-bond acceptors (Lipinski definition) is 4. The molecule has 6 nitrogen and oxygen atoms in total. The van der Waals surface area contributed by atoms with Crippen LogP contribution in [0.2, 0.25) is 5.02 Å². The fourth-order valence-corrected chi connectivity index (χ4v) is 2.70. The van der Waals surface area contributed by atoms with Crippen molar-refractivity contribution in [3.05, 3.63) is 53.6 Å². The van der Waals surface area contributed by atoms with Gasteiger partial charge < -0.3 is 15.4 Å². The van der Waals surface area contributed by atoms with E-state index < -0.39 is 0 Å². The minimum absolute atomic E-state index is 0.0742. The molecular weight excluding hydrogens is 342 g/mol. The lowest BCUT2D eigenvalue weighted by molar-refractivity contribution is -0.125. The zero-order chi connectivity index (χ0) is 17.6. The van der Waals surface area contributed by atoms with Gasteiger partial charge in [-0.05, 0) is 30.3 Å². The number of nitrogens with zero attached hydrogens (tertiary/aromatic N) is 1. The zero-order valence-electron chi connectivity index (χ0n) is 13.5. The Hall–Kier alpha value is -2.57. The van der Waals surface area contributed by atoms with Crippen LogP contribution in [-0.2, 0) is 9.59 Å². The smallest absolute Gasteiger partial charge is 0.238 e. The van der Waals surface area contributed by atoms with Crippen molar-refractivity contribution >= 4 is 29.1 Å². The molecule has 1 saturated heterocycles. The van der Waals surface area contributed by atoms with Crippen molar-refractivity contribution in [3.63, 3.8) is 0 Å². The van der Waals surface area contributed by atoms with Crippen molar-refractivity contribution < 1.29 is 14.3 Å². The van der Waals surface area contributed by atoms with Crippen LogP contribution in [0.1, 0.15) is 0 Å². The molecule has 3 rings (SSSR count). The van der Waals surface area contributed by atoms with Crippen LogP contribution in [0.5, 0.6) is 11.5 Å². The number of hydrogen-bond donors (Lipinski definition) is 2. The molecule has 0 radical (unpaired) electrons. The van der Waals surface area contributed by atoms with Gasteiger partial charge in [-0.3, -0.25) is 14.5 Å². The molecule has 0 unspecified atom stereocenters. The molecule has 25 heavy (non-hydrogen) atoms. The first-order chi connectivity index (χ1) is 12.1. The Kier molecular flexibility index (Phi) is 5.53. The standard InChI is InChI=1S/C18H18ClN3O3/c19-13-6-7-16(25-14-4-2-1-3-5-14)15(10-13)21-18(24)12-22-9-8-20-17(23)11-22/h1-7,10H,8-9,11-12H2,(H,20,23)(H,21,24). The Bertz CT molecular complexity index is 767. The third-order valence-electron chi connectivity index (χ3n) is 3.67. The Morgan fingerprint density at radius 3 is 2.80 bits per heavy atom. The monoisotopic (exact) mass is 359 g/mol. The zero-order valence-corrected chi connectivity index (χ0v) is 14.3. The van der Waals surface area contributed by atoms with Crippen LogP contribution in [0.3, 0.4) is 0 Å². The molecule has 1 heterocycles. The maximum absolute atomic E-state index is 12.3. The van der Waals surface area contributed by atoms with Crippen LogP contribution in [0, 0.1) is 0 Å². The Morgan fingerprint density at radius 1 is 1.24 bits per heavy atom. The maximum atomic E-state index is 12.3. The number of rotatable bonds is 5. The molecule has 0 saturated carbocycles. The van der Waals surface area contributed by atoms with Crippen molar-refractivity contribution in [2.75, 3.05) is 31.5 Å². The highest BCUT2D eigenvalue weighted by molar-refractivity contribution is 6.31. The van der Waals surface area contributed by atoms with Gasteiger partial charge in [-0.15, -0.1) is 0 Å². The Labute approximate surface area is 150 Å². The molecule has 2 aromatic carbocycles. The fourth-order valence-electron chi connectivity index (χ4n) is 2.52. The summed E-state index contributed by atoms with van der Waals surface area (Å²) in [6, 6.07) is 14.3. The second-order valence-corrected chi connectivity index (χ2v) is 6.10. The molecule has 1 fully saturated rings. The van der Waals surface area contributed by atoms with Crippen LogP contribution >= 0.6 is 11.6 Å². The molecule has 1 aliphatic rings. The topological polar surface area (TPSA) is 70.7 Å². The van der Waals surface area contributed by atoms with Crippen LogP contribution in [0.25, 0.3) is 0 Å². The van der Waals surface area contributed by atoms with Gasteiger partial charge in [0, 0.05) is 18.1 Å².